The van der Waals surface area contributed by atoms with Crippen LogP contribution in [0.4, 0.5) is 5.69 Å². The number of benzene rings is 2. The molecule has 1 saturated heterocycles. The molecule has 0 bridgehead atoms. The first-order valence-electron chi connectivity index (χ1n) is 13.0. The van der Waals surface area contributed by atoms with Crippen LogP contribution in [0.25, 0.3) is 10.9 Å². The molecule has 10 nitrogen and oxygen atoms in total. The highest BCUT2D eigenvalue weighted by atomic mass is 16.5. The number of rotatable bonds is 8. The Bertz CT molecular complexity index is 1470. The predicted molar refractivity (Wildman–Crippen MR) is 147 cm³/mol. The molecule has 1 N–H and O–H groups in total. The Hall–Kier alpha value is -3.92. The van der Waals surface area contributed by atoms with E-state index >= 15 is 0 Å². The van der Waals surface area contributed by atoms with Crippen molar-refractivity contribution < 1.29 is 9.47 Å². The number of piperazine rings is 1. The first-order valence-corrected chi connectivity index (χ1v) is 13.0. The van der Waals surface area contributed by atoms with E-state index in [-0.39, 0.29) is 11.1 Å². The first-order chi connectivity index (χ1) is 18.4. The second-order valence-electron chi connectivity index (χ2n) is 10.2. The molecule has 2 aromatic carbocycles. The third-order valence-electron chi connectivity index (χ3n) is 7.66. The summed E-state index contributed by atoms with van der Waals surface area (Å²) in [6.45, 7) is 9.34. The fourth-order valence-corrected chi connectivity index (χ4v) is 5.08. The summed E-state index contributed by atoms with van der Waals surface area (Å²) >= 11 is 0. The largest absolute Gasteiger partial charge is 0.497 e. The molecule has 1 atom stereocenters. The van der Waals surface area contributed by atoms with E-state index in [4.69, 9.17) is 9.47 Å². The number of aromatic amines is 1. The van der Waals surface area contributed by atoms with E-state index in [0.29, 0.717) is 17.1 Å². The molecule has 3 heterocycles. The van der Waals surface area contributed by atoms with E-state index in [1.54, 1.807) is 14.2 Å². The van der Waals surface area contributed by atoms with Crippen molar-refractivity contribution in [3.8, 4) is 11.5 Å². The Balaban J connectivity index is 1.56. The molecule has 1 aliphatic rings. The van der Waals surface area contributed by atoms with Crippen molar-refractivity contribution in [3.63, 3.8) is 0 Å². The zero-order valence-corrected chi connectivity index (χ0v) is 22.6. The lowest BCUT2D eigenvalue weighted by Gasteiger charge is -2.40. The topological polar surface area (TPSA) is 101 Å². The van der Waals surface area contributed by atoms with E-state index in [1.807, 2.05) is 47.1 Å². The summed E-state index contributed by atoms with van der Waals surface area (Å²) in [4.78, 5) is 21.3. The van der Waals surface area contributed by atoms with E-state index in [2.05, 4.69) is 57.1 Å². The maximum absolute atomic E-state index is 13.6. The van der Waals surface area contributed by atoms with Gasteiger partial charge in [0.2, 0.25) is 0 Å². The average Bonchev–Trinajstić information content (AvgIpc) is 3.44. The Morgan fingerprint density at radius 3 is 2.50 bits per heavy atom. The summed E-state index contributed by atoms with van der Waals surface area (Å²) in [6.07, 6.45) is 0.840. The maximum atomic E-state index is 13.6. The van der Waals surface area contributed by atoms with Crippen LogP contribution in [0.5, 0.6) is 11.5 Å². The van der Waals surface area contributed by atoms with Gasteiger partial charge in [0, 0.05) is 37.8 Å². The monoisotopic (exact) mass is 517 g/mol. The summed E-state index contributed by atoms with van der Waals surface area (Å²) in [5.41, 5.74) is 1.95. The van der Waals surface area contributed by atoms with E-state index < -0.39 is 6.04 Å². The van der Waals surface area contributed by atoms with Gasteiger partial charge in [-0.05, 0) is 66.4 Å². The van der Waals surface area contributed by atoms with Gasteiger partial charge < -0.3 is 19.4 Å². The van der Waals surface area contributed by atoms with E-state index in [0.717, 1.165) is 54.9 Å². The van der Waals surface area contributed by atoms with Crippen LogP contribution < -0.4 is 19.9 Å². The highest BCUT2D eigenvalue weighted by Gasteiger charge is 2.36. The van der Waals surface area contributed by atoms with Crippen LogP contribution in [0.3, 0.4) is 0 Å². The highest BCUT2D eigenvalue weighted by molar-refractivity contribution is 5.80. The standard InChI is InChI=1S/C28H35N7O3/c1-6-28(2,3)35-26(30-31-32-35)25(21-17-19-11-12-20(37-4)18-22(19)29-27(21)36)34-15-13-33(14-16-34)23-9-7-8-10-24(23)38-5/h7-12,17-18,25H,6,13-16H2,1-5H3,(H,29,36)/t25-/m0/s1. The van der Waals surface area contributed by atoms with Crippen LogP contribution in [0.1, 0.15) is 44.6 Å². The number of nitrogens with zero attached hydrogens (tertiary/aromatic N) is 6. The number of tetrazole rings is 1. The third kappa shape index (κ3) is 4.71. The second kappa shape index (κ2) is 10.4. The molecule has 0 radical (unpaired) electrons. The van der Waals surface area contributed by atoms with Gasteiger partial charge in [0.05, 0.1) is 31.0 Å². The summed E-state index contributed by atoms with van der Waals surface area (Å²) in [7, 11) is 3.31. The molecule has 0 spiro atoms. The molecular weight excluding hydrogens is 482 g/mol. The van der Waals surface area contributed by atoms with Gasteiger partial charge in [-0.3, -0.25) is 9.69 Å². The molecule has 5 rings (SSSR count). The Kier molecular flexibility index (Phi) is 7.07. The average molecular weight is 518 g/mol. The van der Waals surface area contributed by atoms with Crippen LogP contribution in [-0.2, 0) is 5.54 Å². The van der Waals surface area contributed by atoms with Crippen LogP contribution in [0.15, 0.2) is 53.3 Å². The third-order valence-corrected chi connectivity index (χ3v) is 7.66. The molecule has 0 saturated carbocycles. The lowest BCUT2D eigenvalue weighted by atomic mass is 9.98. The number of fused-ring (bicyclic) bond motifs is 1. The number of anilines is 1. The molecule has 4 aromatic rings. The molecular formula is C28H35N7O3. The summed E-state index contributed by atoms with van der Waals surface area (Å²) in [5, 5.41) is 13.8. The fraction of sp³-hybridized carbons (Fsp3) is 0.429. The zero-order valence-electron chi connectivity index (χ0n) is 22.6. The molecule has 1 fully saturated rings. The number of aromatic nitrogens is 5. The van der Waals surface area contributed by atoms with Crippen LogP contribution >= 0.6 is 0 Å². The van der Waals surface area contributed by atoms with E-state index in [9.17, 15) is 4.79 Å². The van der Waals surface area contributed by atoms with Gasteiger partial charge in [-0.15, -0.1) is 5.10 Å². The number of pyridine rings is 1. The van der Waals surface area contributed by atoms with Gasteiger partial charge in [-0.1, -0.05) is 19.1 Å². The van der Waals surface area contributed by atoms with Gasteiger partial charge in [-0.2, -0.15) is 0 Å². The van der Waals surface area contributed by atoms with Crippen LogP contribution in [0, 0.1) is 0 Å². The van der Waals surface area contributed by atoms with Crippen LogP contribution in [-0.4, -0.2) is 70.5 Å². The van der Waals surface area contributed by atoms with Crippen molar-refractivity contribution in [2.75, 3.05) is 45.3 Å². The van der Waals surface area contributed by atoms with Crippen molar-refractivity contribution >= 4 is 16.6 Å². The molecule has 0 unspecified atom stereocenters. The summed E-state index contributed by atoms with van der Waals surface area (Å²) < 4.78 is 12.8. The molecule has 200 valence electrons. The fourth-order valence-electron chi connectivity index (χ4n) is 5.08. The van der Waals surface area contributed by atoms with Gasteiger partial charge in [0.25, 0.3) is 5.56 Å². The lowest BCUT2D eigenvalue weighted by molar-refractivity contribution is 0.186. The van der Waals surface area contributed by atoms with Gasteiger partial charge >= 0.3 is 0 Å². The number of hydrogen-bond acceptors (Lipinski definition) is 8. The smallest absolute Gasteiger partial charge is 0.253 e. The van der Waals surface area contributed by atoms with Crippen molar-refractivity contribution in [1.29, 1.82) is 0 Å². The zero-order chi connectivity index (χ0) is 26.9. The Morgan fingerprint density at radius 2 is 1.79 bits per heavy atom. The normalized spacial score (nSPS) is 15.6. The first kappa shape index (κ1) is 25.7. The second-order valence-corrected chi connectivity index (χ2v) is 10.2. The van der Waals surface area contributed by atoms with Gasteiger partial charge in [0.15, 0.2) is 5.82 Å². The van der Waals surface area contributed by atoms with Gasteiger partial charge in [0.1, 0.15) is 17.5 Å². The van der Waals surface area contributed by atoms with Crippen molar-refractivity contribution in [3.05, 3.63) is 70.3 Å². The molecule has 38 heavy (non-hydrogen) atoms. The molecule has 10 heteroatoms. The molecule has 0 amide bonds. The molecule has 1 aliphatic heterocycles. The quantitative estimate of drug-likeness (QED) is 0.378. The minimum atomic E-state index is -0.411. The summed E-state index contributed by atoms with van der Waals surface area (Å²) in [6, 6.07) is 15.3. The van der Waals surface area contributed by atoms with Crippen molar-refractivity contribution in [2.45, 2.75) is 38.8 Å². The minimum Gasteiger partial charge on any atom is -0.497 e. The number of methoxy groups -OCH3 is 2. The number of nitrogens with one attached hydrogen (secondary N) is 1. The Labute approximate surface area is 222 Å². The minimum absolute atomic E-state index is 0.160. The van der Waals surface area contributed by atoms with Crippen molar-refractivity contribution in [1.82, 2.24) is 30.1 Å². The molecule has 2 aromatic heterocycles. The number of ether oxygens (including phenoxy) is 2. The molecule has 0 aliphatic carbocycles. The Morgan fingerprint density at radius 1 is 1.03 bits per heavy atom. The van der Waals surface area contributed by atoms with E-state index in [1.165, 1.54) is 0 Å². The van der Waals surface area contributed by atoms with Crippen LogP contribution in [0.2, 0.25) is 0 Å². The number of para-hydroxylation sites is 2. The van der Waals surface area contributed by atoms with Gasteiger partial charge in [-0.25, -0.2) is 4.68 Å². The summed E-state index contributed by atoms with van der Waals surface area (Å²) in [5.74, 6) is 2.21. The lowest BCUT2D eigenvalue weighted by Crippen LogP contribution is -2.49. The number of hydrogen-bond donors (Lipinski definition) is 1. The maximum Gasteiger partial charge on any atom is 0.253 e. The predicted octanol–water partition coefficient (Wildman–Crippen LogP) is 3.59. The SMILES string of the molecule is CCC(C)(C)n1nnnc1[C@H](c1cc2ccc(OC)cc2[nH]c1=O)N1CCN(c2ccccc2OC)CC1. The highest BCUT2D eigenvalue weighted by Crippen LogP contribution is 2.34. The van der Waals surface area contributed by atoms with Crippen molar-refractivity contribution in [2.24, 2.45) is 0 Å². The number of H-pyrrole nitrogens is 1.